The molecule has 0 amide bonds. The highest BCUT2D eigenvalue weighted by Gasteiger charge is 2.11. The van der Waals surface area contributed by atoms with Crippen molar-refractivity contribution in [1.29, 1.82) is 0 Å². The summed E-state index contributed by atoms with van der Waals surface area (Å²) in [5.41, 5.74) is 2.31. The van der Waals surface area contributed by atoms with Crippen molar-refractivity contribution in [3.05, 3.63) is 41.6 Å². The summed E-state index contributed by atoms with van der Waals surface area (Å²) in [5.74, 6) is 1.51. The second-order valence-corrected chi connectivity index (χ2v) is 5.36. The summed E-state index contributed by atoms with van der Waals surface area (Å²) >= 11 is 0. The van der Waals surface area contributed by atoms with Crippen LogP contribution in [0, 0.1) is 19.8 Å². The topological polar surface area (TPSA) is 43.0 Å². The third-order valence-corrected chi connectivity index (χ3v) is 3.33. The minimum atomic E-state index is 0.248. The monoisotopic (exact) mass is 261 g/mol. The van der Waals surface area contributed by atoms with Crippen molar-refractivity contribution in [3.63, 3.8) is 0 Å². The lowest BCUT2D eigenvalue weighted by Gasteiger charge is -2.17. The van der Waals surface area contributed by atoms with Crippen molar-refractivity contribution in [3.8, 4) is 0 Å². The highest BCUT2D eigenvalue weighted by molar-refractivity contribution is 5.06. The fraction of sp³-hybridized carbons (Fsp3) is 0.533. The van der Waals surface area contributed by atoms with E-state index in [0.29, 0.717) is 5.92 Å². The SMILES string of the molecule is Cc1cc(C)n(C[C@H](C)CN[C@H](C)c2ccco2)n1. The Morgan fingerprint density at radius 1 is 1.37 bits per heavy atom. The number of nitrogens with one attached hydrogen (secondary N) is 1. The van der Waals surface area contributed by atoms with Gasteiger partial charge >= 0.3 is 0 Å². The third kappa shape index (κ3) is 3.70. The zero-order valence-corrected chi connectivity index (χ0v) is 12.2. The summed E-state index contributed by atoms with van der Waals surface area (Å²) in [6, 6.07) is 6.29. The molecule has 0 saturated carbocycles. The molecular weight excluding hydrogens is 238 g/mol. The summed E-state index contributed by atoms with van der Waals surface area (Å²) in [6.07, 6.45) is 1.72. The molecule has 4 heteroatoms. The van der Waals surface area contributed by atoms with Gasteiger partial charge in [-0.1, -0.05) is 6.92 Å². The standard InChI is InChI=1S/C15H23N3O/c1-11(10-18-13(3)8-12(2)17-18)9-16-14(4)15-6-5-7-19-15/h5-8,11,14,16H,9-10H2,1-4H3/t11-,14-/m1/s1. The van der Waals surface area contributed by atoms with E-state index in [-0.39, 0.29) is 6.04 Å². The average molecular weight is 261 g/mol. The summed E-state index contributed by atoms with van der Waals surface area (Å²) < 4.78 is 7.47. The molecule has 2 rings (SSSR count). The lowest BCUT2D eigenvalue weighted by molar-refractivity contribution is 0.371. The summed E-state index contributed by atoms with van der Waals surface area (Å²) in [5, 5.41) is 7.99. The second kappa shape index (κ2) is 6.06. The van der Waals surface area contributed by atoms with E-state index in [1.54, 1.807) is 6.26 Å². The van der Waals surface area contributed by atoms with Gasteiger partial charge in [0.2, 0.25) is 0 Å². The van der Waals surface area contributed by atoms with E-state index in [4.69, 9.17) is 4.42 Å². The zero-order valence-electron chi connectivity index (χ0n) is 12.2. The van der Waals surface area contributed by atoms with Gasteiger partial charge in [-0.05, 0) is 44.9 Å². The van der Waals surface area contributed by atoms with Gasteiger partial charge in [0, 0.05) is 18.8 Å². The Labute approximate surface area is 114 Å². The first kappa shape index (κ1) is 13.9. The molecule has 104 valence electrons. The lowest BCUT2D eigenvalue weighted by Crippen LogP contribution is -2.27. The van der Waals surface area contributed by atoms with E-state index in [0.717, 1.165) is 24.5 Å². The Bertz CT molecular complexity index is 501. The quantitative estimate of drug-likeness (QED) is 0.869. The van der Waals surface area contributed by atoms with E-state index in [1.165, 1.54) is 5.69 Å². The molecule has 0 spiro atoms. The first-order valence-electron chi connectivity index (χ1n) is 6.84. The van der Waals surface area contributed by atoms with E-state index in [9.17, 15) is 0 Å². The Hall–Kier alpha value is -1.55. The molecular formula is C15H23N3O. The zero-order chi connectivity index (χ0) is 13.8. The van der Waals surface area contributed by atoms with E-state index in [2.05, 4.69) is 41.9 Å². The van der Waals surface area contributed by atoms with Crippen LogP contribution in [0.1, 0.15) is 37.0 Å². The molecule has 2 heterocycles. The normalized spacial score (nSPS) is 14.5. The molecule has 2 atom stereocenters. The van der Waals surface area contributed by atoms with Crippen molar-refractivity contribution < 1.29 is 4.42 Å². The maximum absolute atomic E-state index is 5.39. The molecule has 0 aromatic carbocycles. The van der Waals surface area contributed by atoms with Gasteiger partial charge in [0.05, 0.1) is 18.0 Å². The van der Waals surface area contributed by atoms with E-state index in [1.807, 2.05) is 19.1 Å². The molecule has 19 heavy (non-hydrogen) atoms. The number of aryl methyl sites for hydroxylation is 2. The average Bonchev–Trinajstić information content (AvgIpc) is 2.97. The van der Waals surface area contributed by atoms with E-state index < -0.39 is 0 Å². The molecule has 0 aliphatic carbocycles. The molecule has 2 aromatic heterocycles. The highest BCUT2D eigenvalue weighted by Crippen LogP contribution is 2.13. The molecule has 0 radical (unpaired) electrons. The fourth-order valence-electron chi connectivity index (χ4n) is 2.24. The molecule has 1 N–H and O–H groups in total. The van der Waals surface area contributed by atoms with Crippen LogP contribution in [-0.2, 0) is 6.54 Å². The molecule has 0 bridgehead atoms. The molecule has 0 aliphatic rings. The summed E-state index contributed by atoms with van der Waals surface area (Å²) in [6.45, 7) is 10.4. The van der Waals surface area contributed by atoms with Crippen LogP contribution in [-0.4, -0.2) is 16.3 Å². The van der Waals surface area contributed by atoms with Gasteiger partial charge in [-0.3, -0.25) is 4.68 Å². The fourth-order valence-corrected chi connectivity index (χ4v) is 2.24. The minimum absolute atomic E-state index is 0.248. The van der Waals surface area contributed by atoms with Crippen molar-refractivity contribution >= 4 is 0 Å². The van der Waals surface area contributed by atoms with Crippen molar-refractivity contribution in [1.82, 2.24) is 15.1 Å². The van der Waals surface area contributed by atoms with Gasteiger partial charge in [-0.2, -0.15) is 5.10 Å². The number of furan rings is 1. The van der Waals surface area contributed by atoms with Gasteiger partial charge in [0.1, 0.15) is 5.76 Å². The summed E-state index contributed by atoms with van der Waals surface area (Å²) in [7, 11) is 0. The first-order valence-corrected chi connectivity index (χ1v) is 6.84. The Morgan fingerprint density at radius 2 is 2.16 bits per heavy atom. The third-order valence-electron chi connectivity index (χ3n) is 3.33. The number of hydrogen-bond acceptors (Lipinski definition) is 3. The van der Waals surface area contributed by atoms with Gasteiger partial charge in [0.15, 0.2) is 0 Å². The number of hydrogen-bond donors (Lipinski definition) is 1. The Balaban J connectivity index is 1.81. The minimum Gasteiger partial charge on any atom is -0.468 e. The molecule has 4 nitrogen and oxygen atoms in total. The van der Waals surface area contributed by atoms with Crippen molar-refractivity contribution in [2.75, 3.05) is 6.54 Å². The van der Waals surface area contributed by atoms with Gasteiger partial charge in [-0.25, -0.2) is 0 Å². The van der Waals surface area contributed by atoms with Crippen LogP contribution >= 0.6 is 0 Å². The van der Waals surface area contributed by atoms with Crippen LogP contribution < -0.4 is 5.32 Å². The van der Waals surface area contributed by atoms with Crippen LogP contribution in [0.15, 0.2) is 28.9 Å². The van der Waals surface area contributed by atoms with Crippen LogP contribution in [0.4, 0.5) is 0 Å². The lowest BCUT2D eigenvalue weighted by atomic mass is 10.1. The number of nitrogens with zero attached hydrogens (tertiary/aromatic N) is 2. The number of rotatable bonds is 6. The maximum Gasteiger partial charge on any atom is 0.120 e. The van der Waals surface area contributed by atoms with Gasteiger partial charge in [-0.15, -0.1) is 0 Å². The number of aromatic nitrogens is 2. The maximum atomic E-state index is 5.39. The Morgan fingerprint density at radius 3 is 2.74 bits per heavy atom. The summed E-state index contributed by atoms with van der Waals surface area (Å²) in [4.78, 5) is 0. The largest absolute Gasteiger partial charge is 0.468 e. The van der Waals surface area contributed by atoms with Crippen LogP contribution in [0.5, 0.6) is 0 Å². The predicted molar refractivity (Wildman–Crippen MR) is 76.0 cm³/mol. The first-order chi connectivity index (χ1) is 9.06. The second-order valence-electron chi connectivity index (χ2n) is 5.36. The van der Waals surface area contributed by atoms with Crippen LogP contribution in [0.2, 0.25) is 0 Å². The smallest absolute Gasteiger partial charge is 0.120 e. The van der Waals surface area contributed by atoms with Gasteiger partial charge < -0.3 is 9.73 Å². The molecule has 0 aliphatic heterocycles. The van der Waals surface area contributed by atoms with Gasteiger partial charge in [0.25, 0.3) is 0 Å². The van der Waals surface area contributed by atoms with Crippen LogP contribution in [0.3, 0.4) is 0 Å². The molecule has 0 saturated heterocycles. The molecule has 0 fully saturated rings. The predicted octanol–water partition coefficient (Wildman–Crippen LogP) is 3.08. The van der Waals surface area contributed by atoms with E-state index >= 15 is 0 Å². The van der Waals surface area contributed by atoms with Crippen LogP contribution in [0.25, 0.3) is 0 Å². The van der Waals surface area contributed by atoms with Crippen molar-refractivity contribution in [2.45, 2.75) is 40.3 Å². The Kier molecular flexibility index (Phi) is 4.43. The molecule has 2 aromatic rings. The van der Waals surface area contributed by atoms with Crippen molar-refractivity contribution in [2.24, 2.45) is 5.92 Å². The highest BCUT2D eigenvalue weighted by atomic mass is 16.3. The molecule has 0 unspecified atom stereocenters.